The molecule has 0 aliphatic carbocycles. The fourth-order valence-corrected chi connectivity index (χ4v) is 3.06. The largest absolute Gasteiger partial charge is 0.328 e. The second-order valence-electron chi connectivity index (χ2n) is 3.83. The zero-order valence-electron chi connectivity index (χ0n) is 9.45. The summed E-state index contributed by atoms with van der Waals surface area (Å²) < 4.78 is 14.5. The predicted octanol–water partition coefficient (Wildman–Crippen LogP) is 5.49. The molecule has 0 amide bonds. The highest BCUT2D eigenvalue weighted by molar-refractivity contribution is 7.22. The zero-order valence-corrected chi connectivity index (χ0v) is 11.8. The molecule has 0 bridgehead atoms. The predicted molar refractivity (Wildman–Crippen MR) is 79.3 cm³/mol. The van der Waals surface area contributed by atoms with Crippen LogP contribution in [0.25, 0.3) is 10.2 Å². The van der Waals surface area contributed by atoms with Crippen LogP contribution in [0.3, 0.4) is 0 Å². The Bertz CT molecular complexity index is 737. The number of benzene rings is 2. The maximum Gasteiger partial charge on any atom is 0.188 e. The lowest BCUT2D eigenvalue weighted by molar-refractivity contribution is 0.632. The van der Waals surface area contributed by atoms with Crippen LogP contribution >= 0.6 is 34.5 Å². The van der Waals surface area contributed by atoms with E-state index in [1.807, 2.05) is 12.1 Å². The lowest BCUT2D eigenvalue weighted by atomic mass is 10.3. The van der Waals surface area contributed by atoms with Gasteiger partial charge < -0.3 is 5.32 Å². The van der Waals surface area contributed by atoms with Gasteiger partial charge in [0.2, 0.25) is 0 Å². The summed E-state index contributed by atoms with van der Waals surface area (Å²) in [5.74, 6) is -0.419. The van der Waals surface area contributed by atoms with Crippen molar-refractivity contribution in [3.05, 3.63) is 52.3 Å². The van der Waals surface area contributed by atoms with Crippen LogP contribution in [0.5, 0.6) is 0 Å². The van der Waals surface area contributed by atoms with Crippen molar-refractivity contribution in [2.45, 2.75) is 0 Å². The number of anilines is 2. The molecular formula is C13H7Cl2FN2S. The third-order valence-electron chi connectivity index (χ3n) is 2.56. The van der Waals surface area contributed by atoms with Crippen molar-refractivity contribution >= 4 is 55.6 Å². The minimum Gasteiger partial charge on any atom is -0.328 e. The normalized spacial score (nSPS) is 10.9. The van der Waals surface area contributed by atoms with Crippen LogP contribution in [0.15, 0.2) is 36.4 Å². The van der Waals surface area contributed by atoms with Crippen molar-refractivity contribution in [2.24, 2.45) is 0 Å². The van der Waals surface area contributed by atoms with Crippen LogP contribution < -0.4 is 5.32 Å². The lowest BCUT2D eigenvalue weighted by Gasteiger charge is -2.05. The van der Waals surface area contributed by atoms with Gasteiger partial charge in [0, 0.05) is 0 Å². The first-order valence-corrected chi connectivity index (χ1v) is 6.98. The Morgan fingerprint density at radius 2 is 1.79 bits per heavy atom. The minimum atomic E-state index is -0.419. The van der Waals surface area contributed by atoms with Gasteiger partial charge in [-0.1, -0.05) is 46.7 Å². The van der Waals surface area contributed by atoms with E-state index >= 15 is 0 Å². The molecule has 3 aromatic rings. The molecule has 0 saturated carbocycles. The Morgan fingerprint density at radius 1 is 1.05 bits per heavy atom. The van der Waals surface area contributed by atoms with Crippen molar-refractivity contribution in [2.75, 3.05) is 5.32 Å². The van der Waals surface area contributed by atoms with Crippen molar-refractivity contribution in [3.8, 4) is 0 Å². The number of hydrogen-bond donors (Lipinski definition) is 1. The maximum absolute atomic E-state index is 13.7. The van der Waals surface area contributed by atoms with E-state index in [1.165, 1.54) is 17.4 Å². The van der Waals surface area contributed by atoms with Gasteiger partial charge in [0.05, 0.1) is 25.9 Å². The lowest BCUT2D eigenvalue weighted by Crippen LogP contribution is -1.93. The van der Waals surface area contributed by atoms with Crippen LogP contribution in [0.1, 0.15) is 0 Å². The van der Waals surface area contributed by atoms with Crippen molar-refractivity contribution in [1.82, 2.24) is 4.98 Å². The SMILES string of the molecule is Fc1cccc(Cl)c1Nc1nc2cccc(Cl)c2s1. The number of hydrogen-bond acceptors (Lipinski definition) is 3. The van der Waals surface area contributed by atoms with Crippen LogP contribution in [0.4, 0.5) is 15.2 Å². The number of halogens is 3. The monoisotopic (exact) mass is 312 g/mol. The average Bonchev–Trinajstić information content (AvgIpc) is 2.78. The molecule has 0 aliphatic rings. The summed E-state index contributed by atoms with van der Waals surface area (Å²) in [5, 5.41) is 4.39. The number of para-hydroxylation sites is 1. The summed E-state index contributed by atoms with van der Waals surface area (Å²) in [6.45, 7) is 0. The van der Waals surface area contributed by atoms with Crippen molar-refractivity contribution in [3.63, 3.8) is 0 Å². The summed E-state index contributed by atoms with van der Waals surface area (Å²) in [7, 11) is 0. The molecule has 1 aromatic heterocycles. The van der Waals surface area contributed by atoms with Gasteiger partial charge in [-0.15, -0.1) is 0 Å². The molecule has 6 heteroatoms. The van der Waals surface area contributed by atoms with Gasteiger partial charge in [-0.2, -0.15) is 0 Å². The second-order valence-corrected chi connectivity index (χ2v) is 5.64. The molecule has 0 fully saturated rings. The molecule has 19 heavy (non-hydrogen) atoms. The molecule has 2 aromatic carbocycles. The van der Waals surface area contributed by atoms with Crippen LogP contribution in [0, 0.1) is 5.82 Å². The molecule has 0 aliphatic heterocycles. The number of nitrogens with zero attached hydrogens (tertiary/aromatic N) is 1. The molecule has 3 rings (SSSR count). The average molecular weight is 313 g/mol. The Labute approximate surface area is 122 Å². The minimum absolute atomic E-state index is 0.222. The summed E-state index contributed by atoms with van der Waals surface area (Å²) in [5.41, 5.74) is 0.992. The van der Waals surface area contributed by atoms with Gasteiger partial charge in [-0.05, 0) is 24.3 Å². The maximum atomic E-state index is 13.7. The molecule has 0 unspecified atom stereocenters. The van der Waals surface area contributed by atoms with Crippen LogP contribution in [0.2, 0.25) is 10.0 Å². The number of nitrogens with one attached hydrogen (secondary N) is 1. The highest BCUT2D eigenvalue weighted by Crippen LogP contribution is 2.35. The first kappa shape index (κ1) is 12.7. The quantitative estimate of drug-likeness (QED) is 0.677. The van der Waals surface area contributed by atoms with E-state index in [9.17, 15) is 4.39 Å². The molecule has 0 saturated heterocycles. The van der Waals surface area contributed by atoms with Gasteiger partial charge in [-0.3, -0.25) is 0 Å². The molecule has 1 N–H and O–H groups in total. The summed E-state index contributed by atoms with van der Waals surface area (Å²) >= 11 is 13.4. The summed E-state index contributed by atoms with van der Waals surface area (Å²) in [6.07, 6.45) is 0. The fraction of sp³-hybridized carbons (Fsp3) is 0. The van der Waals surface area contributed by atoms with E-state index in [2.05, 4.69) is 10.3 Å². The smallest absolute Gasteiger partial charge is 0.188 e. The fourth-order valence-electron chi connectivity index (χ4n) is 1.69. The van der Waals surface area contributed by atoms with Gasteiger partial charge in [-0.25, -0.2) is 9.37 Å². The molecule has 0 atom stereocenters. The van der Waals surface area contributed by atoms with Gasteiger partial charge >= 0.3 is 0 Å². The van der Waals surface area contributed by atoms with Crippen LogP contribution in [-0.4, -0.2) is 4.98 Å². The third-order valence-corrected chi connectivity index (χ3v) is 4.32. The van der Waals surface area contributed by atoms with E-state index in [-0.39, 0.29) is 5.69 Å². The van der Waals surface area contributed by atoms with Gasteiger partial charge in [0.25, 0.3) is 0 Å². The van der Waals surface area contributed by atoms with E-state index in [4.69, 9.17) is 23.2 Å². The molecule has 96 valence electrons. The van der Waals surface area contributed by atoms with Crippen molar-refractivity contribution in [1.29, 1.82) is 0 Å². The Balaban J connectivity index is 2.04. The van der Waals surface area contributed by atoms with E-state index < -0.39 is 5.82 Å². The third kappa shape index (κ3) is 2.39. The number of fused-ring (bicyclic) bond motifs is 1. The number of thiazole rings is 1. The topological polar surface area (TPSA) is 24.9 Å². The highest BCUT2D eigenvalue weighted by Gasteiger charge is 2.11. The second kappa shape index (κ2) is 4.96. The standard InChI is InChI=1S/C13H7Cl2FN2S/c14-7-3-1-5-9(16)11(7)18-13-17-10-6-2-4-8(15)12(10)19-13/h1-6H,(H,17,18). The van der Waals surface area contributed by atoms with Crippen molar-refractivity contribution < 1.29 is 4.39 Å². The molecule has 0 radical (unpaired) electrons. The first-order valence-electron chi connectivity index (χ1n) is 5.41. The van der Waals surface area contributed by atoms with E-state index in [0.717, 1.165) is 10.2 Å². The summed E-state index contributed by atoms with van der Waals surface area (Å²) in [6, 6.07) is 9.98. The molecular weight excluding hydrogens is 306 g/mol. The van der Waals surface area contributed by atoms with E-state index in [0.29, 0.717) is 15.2 Å². The Kier molecular flexibility index (Phi) is 3.31. The summed E-state index contributed by atoms with van der Waals surface area (Å²) in [4.78, 5) is 4.35. The Hall–Kier alpha value is -1.36. The number of aromatic nitrogens is 1. The number of rotatable bonds is 2. The Morgan fingerprint density at radius 3 is 2.53 bits per heavy atom. The molecule has 2 nitrogen and oxygen atoms in total. The van der Waals surface area contributed by atoms with E-state index in [1.54, 1.807) is 18.2 Å². The highest BCUT2D eigenvalue weighted by atomic mass is 35.5. The molecule has 1 heterocycles. The molecule has 0 spiro atoms. The first-order chi connectivity index (χ1) is 9.15. The van der Waals surface area contributed by atoms with Gasteiger partial charge in [0.1, 0.15) is 5.82 Å². The van der Waals surface area contributed by atoms with Crippen LogP contribution in [-0.2, 0) is 0 Å². The van der Waals surface area contributed by atoms with Gasteiger partial charge in [0.15, 0.2) is 5.13 Å². The zero-order chi connectivity index (χ0) is 13.4.